The van der Waals surface area contributed by atoms with Crippen LogP contribution in [-0.4, -0.2) is 30.9 Å². The number of ether oxygens (including phenoxy) is 2. The normalized spacial score (nSPS) is 10.6. The number of nitrogens with one attached hydrogen (secondary N) is 3. The Balaban J connectivity index is 1.61. The molecule has 3 rings (SSSR count). The van der Waals surface area contributed by atoms with E-state index in [1.165, 1.54) is 16.6 Å². The number of H-pyrrole nitrogens is 1. The first kappa shape index (κ1) is 18.1. The number of aromatic amines is 1. The van der Waals surface area contributed by atoms with Crippen LogP contribution in [0.5, 0.6) is 11.5 Å². The lowest BCUT2D eigenvalue weighted by Gasteiger charge is -2.11. The van der Waals surface area contributed by atoms with Crippen molar-refractivity contribution in [3.63, 3.8) is 0 Å². The van der Waals surface area contributed by atoms with Gasteiger partial charge in [-0.2, -0.15) is 0 Å². The Morgan fingerprint density at radius 3 is 2.62 bits per heavy atom. The summed E-state index contributed by atoms with van der Waals surface area (Å²) >= 11 is 5.39. The zero-order chi connectivity index (χ0) is 18.5. The van der Waals surface area contributed by atoms with Crippen LogP contribution in [0, 0.1) is 6.92 Å². The zero-order valence-electron chi connectivity index (χ0n) is 15.2. The third kappa shape index (κ3) is 4.08. The van der Waals surface area contributed by atoms with Crippen molar-refractivity contribution < 1.29 is 9.47 Å². The zero-order valence-corrected chi connectivity index (χ0v) is 16.0. The van der Waals surface area contributed by atoms with Gasteiger partial charge in [0.05, 0.1) is 14.2 Å². The van der Waals surface area contributed by atoms with Crippen LogP contribution in [0.3, 0.4) is 0 Å². The van der Waals surface area contributed by atoms with Gasteiger partial charge in [-0.15, -0.1) is 0 Å². The lowest BCUT2D eigenvalue weighted by atomic mass is 10.1. The van der Waals surface area contributed by atoms with E-state index in [4.69, 9.17) is 21.7 Å². The molecule has 0 amide bonds. The molecule has 0 unspecified atom stereocenters. The summed E-state index contributed by atoms with van der Waals surface area (Å²) in [6.45, 7) is 2.83. The van der Waals surface area contributed by atoms with Crippen LogP contribution in [0.2, 0.25) is 0 Å². The van der Waals surface area contributed by atoms with Crippen LogP contribution in [0.25, 0.3) is 10.9 Å². The van der Waals surface area contributed by atoms with E-state index in [0.717, 1.165) is 35.7 Å². The smallest absolute Gasteiger partial charge is 0.170 e. The maximum atomic E-state index is 5.39. The number of thiocarbonyl (C=S) groups is 1. The molecule has 0 aliphatic heterocycles. The molecule has 0 radical (unpaired) electrons. The molecule has 6 heteroatoms. The van der Waals surface area contributed by atoms with Crippen LogP contribution in [0.4, 0.5) is 5.69 Å². The molecule has 3 aromatic rings. The van der Waals surface area contributed by atoms with Gasteiger partial charge in [0.1, 0.15) is 11.5 Å². The molecule has 0 aliphatic carbocycles. The molecule has 136 valence electrons. The van der Waals surface area contributed by atoms with E-state index in [9.17, 15) is 0 Å². The summed E-state index contributed by atoms with van der Waals surface area (Å²) in [6.07, 6.45) is 0.860. The van der Waals surface area contributed by atoms with E-state index < -0.39 is 0 Å². The van der Waals surface area contributed by atoms with Crippen molar-refractivity contribution >= 4 is 33.9 Å². The molecule has 0 saturated heterocycles. The first-order chi connectivity index (χ1) is 12.6. The van der Waals surface area contributed by atoms with Gasteiger partial charge in [-0.1, -0.05) is 6.07 Å². The standard InChI is InChI=1S/C20H23N3O2S/c1-13-17(18-12-16(25-3)7-8-19(18)22-13)9-10-21-20(26)23-14-5-4-6-15(11-14)24-2/h4-8,11-12,22H,9-10H2,1-3H3,(H2,21,23,26). The molecule has 0 aliphatic rings. The van der Waals surface area contributed by atoms with Crippen molar-refractivity contribution in [2.45, 2.75) is 13.3 Å². The number of rotatable bonds is 6. The molecule has 0 fully saturated rings. The van der Waals surface area contributed by atoms with Crippen molar-refractivity contribution in [1.82, 2.24) is 10.3 Å². The molecule has 0 saturated carbocycles. The van der Waals surface area contributed by atoms with Crippen molar-refractivity contribution in [3.05, 3.63) is 53.7 Å². The van der Waals surface area contributed by atoms with Crippen molar-refractivity contribution in [2.24, 2.45) is 0 Å². The average molecular weight is 369 g/mol. The minimum Gasteiger partial charge on any atom is -0.497 e. The second kappa shape index (κ2) is 8.10. The van der Waals surface area contributed by atoms with Gasteiger partial charge in [-0.25, -0.2) is 0 Å². The number of aromatic nitrogens is 1. The summed E-state index contributed by atoms with van der Waals surface area (Å²) in [5, 5.41) is 8.22. The summed E-state index contributed by atoms with van der Waals surface area (Å²) in [5.41, 5.74) is 4.46. The predicted octanol–water partition coefficient (Wildman–Crippen LogP) is 4.02. The van der Waals surface area contributed by atoms with Gasteiger partial charge in [0.25, 0.3) is 0 Å². The maximum absolute atomic E-state index is 5.39. The number of methoxy groups -OCH3 is 2. The molecule has 0 atom stereocenters. The van der Waals surface area contributed by atoms with E-state index >= 15 is 0 Å². The number of fused-ring (bicyclic) bond motifs is 1. The van der Waals surface area contributed by atoms with E-state index in [-0.39, 0.29) is 0 Å². The van der Waals surface area contributed by atoms with Crippen molar-refractivity contribution in [1.29, 1.82) is 0 Å². The highest BCUT2D eigenvalue weighted by atomic mass is 32.1. The third-order valence-electron chi connectivity index (χ3n) is 4.31. The number of hydrogen-bond donors (Lipinski definition) is 3. The third-order valence-corrected chi connectivity index (χ3v) is 4.56. The predicted molar refractivity (Wildman–Crippen MR) is 111 cm³/mol. The highest BCUT2D eigenvalue weighted by Crippen LogP contribution is 2.26. The second-order valence-corrected chi connectivity index (χ2v) is 6.41. The molecule has 2 aromatic carbocycles. The van der Waals surface area contributed by atoms with Gasteiger partial charge in [0.2, 0.25) is 0 Å². The Labute approximate surface area is 158 Å². The quantitative estimate of drug-likeness (QED) is 0.573. The highest BCUT2D eigenvalue weighted by molar-refractivity contribution is 7.80. The van der Waals surface area contributed by atoms with Crippen LogP contribution in [-0.2, 0) is 6.42 Å². The van der Waals surface area contributed by atoms with E-state index in [2.05, 4.69) is 28.6 Å². The molecule has 1 heterocycles. The summed E-state index contributed by atoms with van der Waals surface area (Å²) in [5.74, 6) is 1.65. The Hall–Kier alpha value is -2.73. The molecule has 5 nitrogen and oxygen atoms in total. The Bertz CT molecular complexity index is 921. The van der Waals surface area contributed by atoms with Gasteiger partial charge < -0.3 is 25.1 Å². The highest BCUT2D eigenvalue weighted by Gasteiger charge is 2.09. The van der Waals surface area contributed by atoms with E-state index in [1.807, 2.05) is 36.4 Å². The topological polar surface area (TPSA) is 58.3 Å². The molecule has 0 spiro atoms. The average Bonchev–Trinajstić information content (AvgIpc) is 2.96. The fourth-order valence-corrected chi connectivity index (χ4v) is 3.21. The summed E-state index contributed by atoms with van der Waals surface area (Å²) in [4.78, 5) is 3.42. The Morgan fingerprint density at radius 2 is 1.85 bits per heavy atom. The Kier molecular flexibility index (Phi) is 5.63. The molecule has 1 aromatic heterocycles. The number of anilines is 1. The van der Waals surface area contributed by atoms with E-state index in [0.29, 0.717) is 5.11 Å². The minimum absolute atomic E-state index is 0.591. The van der Waals surface area contributed by atoms with Crippen LogP contribution in [0.1, 0.15) is 11.3 Å². The lowest BCUT2D eigenvalue weighted by Crippen LogP contribution is -2.30. The lowest BCUT2D eigenvalue weighted by molar-refractivity contribution is 0.415. The van der Waals surface area contributed by atoms with Crippen LogP contribution < -0.4 is 20.1 Å². The minimum atomic E-state index is 0.591. The molecule has 26 heavy (non-hydrogen) atoms. The number of aryl methyl sites for hydroxylation is 1. The summed E-state index contributed by atoms with van der Waals surface area (Å²) in [7, 11) is 3.33. The van der Waals surface area contributed by atoms with E-state index in [1.54, 1.807) is 14.2 Å². The van der Waals surface area contributed by atoms with Gasteiger partial charge in [-0.3, -0.25) is 0 Å². The molecule has 3 N–H and O–H groups in total. The molecule has 0 bridgehead atoms. The largest absolute Gasteiger partial charge is 0.497 e. The summed E-state index contributed by atoms with van der Waals surface area (Å²) < 4.78 is 10.6. The monoisotopic (exact) mass is 369 g/mol. The van der Waals surface area contributed by atoms with Crippen LogP contribution >= 0.6 is 12.2 Å². The SMILES string of the molecule is COc1cccc(NC(=S)NCCc2c(C)[nH]c3ccc(OC)cc23)c1. The van der Waals surface area contributed by atoms with Crippen molar-refractivity contribution in [2.75, 3.05) is 26.1 Å². The second-order valence-electron chi connectivity index (χ2n) is 6.00. The van der Waals surface area contributed by atoms with Gasteiger partial charge in [-0.05, 0) is 61.5 Å². The summed E-state index contributed by atoms with van der Waals surface area (Å²) in [6, 6.07) is 13.8. The fourth-order valence-electron chi connectivity index (χ4n) is 2.99. The number of benzene rings is 2. The molecular weight excluding hydrogens is 346 g/mol. The maximum Gasteiger partial charge on any atom is 0.170 e. The van der Waals surface area contributed by atoms with Crippen molar-refractivity contribution in [3.8, 4) is 11.5 Å². The van der Waals surface area contributed by atoms with Gasteiger partial charge in [0, 0.05) is 34.9 Å². The first-order valence-electron chi connectivity index (χ1n) is 8.45. The fraction of sp³-hybridized carbons (Fsp3) is 0.250. The number of hydrogen-bond acceptors (Lipinski definition) is 3. The Morgan fingerprint density at radius 1 is 1.08 bits per heavy atom. The first-order valence-corrected chi connectivity index (χ1v) is 8.85. The van der Waals surface area contributed by atoms with Gasteiger partial charge >= 0.3 is 0 Å². The van der Waals surface area contributed by atoms with Gasteiger partial charge in [0.15, 0.2) is 5.11 Å². The van der Waals surface area contributed by atoms with Crippen LogP contribution in [0.15, 0.2) is 42.5 Å². The molecular formula is C20H23N3O2S.